The van der Waals surface area contributed by atoms with E-state index in [1.165, 1.54) is 38.8 Å². The van der Waals surface area contributed by atoms with E-state index in [4.69, 9.17) is 9.40 Å². The van der Waals surface area contributed by atoms with Crippen molar-refractivity contribution >= 4 is 49.9 Å². The normalized spacial score (nSPS) is 13.1. The molecule has 0 N–H and O–H groups in total. The number of rotatable bonds is 5. The molecule has 0 atom stereocenters. The number of benzene rings is 7. The summed E-state index contributed by atoms with van der Waals surface area (Å²) in [6.45, 7) is 4.69. The van der Waals surface area contributed by atoms with Gasteiger partial charge in [0, 0.05) is 22.1 Å². The molecule has 0 saturated carbocycles. The van der Waals surface area contributed by atoms with Crippen LogP contribution in [-0.4, -0.2) is 4.98 Å². The Morgan fingerprint density at radius 3 is 1.90 bits per heavy atom. The summed E-state index contributed by atoms with van der Waals surface area (Å²) in [5, 5.41) is 4.39. The van der Waals surface area contributed by atoms with Crippen LogP contribution in [0.4, 0.5) is 17.1 Å². The first-order chi connectivity index (χ1) is 25.0. The highest BCUT2D eigenvalue weighted by atomic mass is 16.3. The largest absolute Gasteiger partial charge is 0.438 e. The first kappa shape index (κ1) is 29.5. The molecule has 0 radical (unpaired) electrons. The van der Waals surface area contributed by atoms with Gasteiger partial charge in [-0.1, -0.05) is 135 Å². The number of fused-ring (bicyclic) bond motifs is 7. The lowest BCUT2D eigenvalue weighted by Crippen LogP contribution is -2.17. The topological polar surface area (TPSA) is 29.3 Å². The zero-order valence-electron chi connectivity index (χ0n) is 28.5. The van der Waals surface area contributed by atoms with Crippen LogP contribution in [0.1, 0.15) is 25.0 Å². The fourth-order valence-electron chi connectivity index (χ4n) is 8.09. The molecule has 0 saturated heterocycles. The molecule has 2 heterocycles. The van der Waals surface area contributed by atoms with Crippen LogP contribution in [0.5, 0.6) is 0 Å². The Bertz CT molecular complexity index is 2760. The standard InChI is InChI=1S/C48H34N2O/c1-48(2)43-20-12-11-19-38(43)40-28-39(33-15-7-4-8-16-33)45(29-44(40)48)50(36-23-21-32(22-24-36)31-13-5-3-6-14-31)37-27-42-41-25-34-17-9-10-18-35(34)26-46(41)51-47(42)49-30-37/h3-30H,1-2H3. The number of pyridine rings is 1. The van der Waals surface area contributed by atoms with Gasteiger partial charge in [0.15, 0.2) is 0 Å². The molecule has 0 amide bonds. The van der Waals surface area contributed by atoms with Gasteiger partial charge in [-0.2, -0.15) is 0 Å². The summed E-state index contributed by atoms with van der Waals surface area (Å²) in [5.74, 6) is 0. The molecule has 9 aromatic rings. The average Bonchev–Trinajstić information content (AvgIpc) is 3.65. The molecule has 0 spiro atoms. The molecule has 0 fully saturated rings. The van der Waals surface area contributed by atoms with Crippen molar-refractivity contribution in [2.24, 2.45) is 0 Å². The third-order valence-corrected chi connectivity index (χ3v) is 10.7. The minimum Gasteiger partial charge on any atom is -0.438 e. The van der Waals surface area contributed by atoms with Gasteiger partial charge in [-0.3, -0.25) is 0 Å². The first-order valence-corrected chi connectivity index (χ1v) is 17.5. The highest BCUT2D eigenvalue weighted by Crippen LogP contribution is 2.53. The summed E-state index contributed by atoms with van der Waals surface area (Å²) in [5.41, 5.74) is 14.4. The summed E-state index contributed by atoms with van der Waals surface area (Å²) in [4.78, 5) is 7.35. The second kappa shape index (κ2) is 11.3. The zero-order chi connectivity index (χ0) is 34.1. The Morgan fingerprint density at radius 1 is 0.490 bits per heavy atom. The third-order valence-electron chi connectivity index (χ3n) is 10.7. The molecule has 1 aliphatic rings. The molecule has 242 valence electrons. The maximum Gasteiger partial charge on any atom is 0.227 e. The van der Waals surface area contributed by atoms with Crippen molar-refractivity contribution in [1.82, 2.24) is 4.98 Å². The fraction of sp³-hybridized carbons (Fsp3) is 0.0625. The van der Waals surface area contributed by atoms with E-state index in [1.807, 2.05) is 6.20 Å². The Balaban J connectivity index is 1.24. The van der Waals surface area contributed by atoms with E-state index >= 15 is 0 Å². The van der Waals surface area contributed by atoms with Gasteiger partial charge in [-0.15, -0.1) is 0 Å². The third kappa shape index (κ3) is 4.69. The van der Waals surface area contributed by atoms with Gasteiger partial charge in [0.05, 0.1) is 23.0 Å². The van der Waals surface area contributed by atoms with E-state index in [9.17, 15) is 0 Å². The molecule has 0 unspecified atom stereocenters. The molecule has 7 aromatic carbocycles. The highest BCUT2D eigenvalue weighted by molar-refractivity contribution is 6.10. The number of hydrogen-bond donors (Lipinski definition) is 0. The summed E-state index contributed by atoms with van der Waals surface area (Å²) >= 11 is 0. The number of anilines is 3. The molecular formula is C48H34N2O. The molecule has 3 heteroatoms. The van der Waals surface area contributed by atoms with Crippen LogP contribution in [0.2, 0.25) is 0 Å². The molecule has 10 rings (SSSR count). The van der Waals surface area contributed by atoms with Crippen LogP contribution in [0.3, 0.4) is 0 Å². The van der Waals surface area contributed by atoms with Gasteiger partial charge in [-0.05, 0) is 92.2 Å². The van der Waals surface area contributed by atoms with E-state index in [0.717, 1.165) is 49.9 Å². The average molecular weight is 655 g/mol. The summed E-state index contributed by atoms with van der Waals surface area (Å²) < 4.78 is 6.36. The number of furan rings is 1. The second-order valence-electron chi connectivity index (χ2n) is 14.0. The highest BCUT2D eigenvalue weighted by Gasteiger charge is 2.37. The minimum atomic E-state index is -0.164. The molecule has 2 aromatic heterocycles. The van der Waals surface area contributed by atoms with Crippen molar-refractivity contribution in [2.75, 3.05) is 4.90 Å². The van der Waals surface area contributed by atoms with E-state index < -0.39 is 0 Å². The summed E-state index contributed by atoms with van der Waals surface area (Å²) in [6.07, 6.45) is 1.96. The summed E-state index contributed by atoms with van der Waals surface area (Å²) in [7, 11) is 0. The van der Waals surface area contributed by atoms with Gasteiger partial charge in [-0.25, -0.2) is 4.98 Å². The zero-order valence-corrected chi connectivity index (χ0v) is 28.5. The van der Waals surface area contributed by atoms with Gasteiger partial charge in [0.2, 0.25) is 5.71 Å². The lowest BCUT2D eigenvalue weighted by Gasteiger charge is -2.30. The molecule has 0 bridgehead atoms. The van der Waals surface area contributed by atoms with Gasteiger partial charge >= 0.3 is 0 Å². The number of nitrogens with zero attached hydrogens (tertiary/aromatic N) is 2. The first-order valence-electron chi connectivity index (χ1n) is 17.5. The van der Waals surface area contributed by atoms with Crippen molar-refractivity contribution in [3.8, 4) is 33.4 Å². The predicted molar refractivity (Wildman–Crippen MR) is 212 cm³/mol. The smallest absolute Gasteiger partial charge is 0.227 e. The molecule has 51 heavy (non-hydrogen) atoms. The summed E-state index contributed by atoms with van der Waals surface area (Å²) in [6, 6.07) is 58.9. The maximum absolute atomic E-state index is 6.36. The van der Waals surface area contributed by atoms with Crippen molar-refractivity contribution < 1.29 is 4.42 Å². The Hall–Kier alpha value is -6.45. The van der Waals surface area contributed by atoms with Crippen LogP contribution >= 0.6 is 0 Å². The minimum absolute atomic E-state index is 0.164. The molecule has 0 aliphatic heterocycles. The SMILES string of the molecule is CC1(C)c2ccccc2-c2cc(-c3ccccc3)c(N(c3ccc(-c4ccccc4)cc3)c3cnc4oc5cc6ccccc6cc5c4c3)cc21. The van der Waals surface area contributed by atoms with Crippen LogP contribution in [-0.2, 0) is 5.41 Å². The van der Waals surface area contributed by atoms with Crippen molar-refractivity contribution in [1.29, 1.82) is 0 Å². The van der Waals surface area contributed by atoms with Gasteiger partial charge in [0.25, 0.3) is 0 Å². The number of hydrogen-bond acceptors (Lipinski definition) is 3. The van der Waals surface area contributed by atoms with E-state index in [0.29, 0.717) is 5.71 Å². The predicted octanol–water partition coefficient (Wildman–Crippen LogP) is 13.2. The van der Waals surface area contributed by atoms with Crippen molar-refractivity contribution in [3.05, 3.63) is 181 Å². The molecular weight excluding hydrogens is 621 g/mol. The van der Waals surface area contributed by atoms with E-state index in [1.54, 1.807) is 0 Å². The quantitative estimate of drug-likeness (QED) is 0.185. The van der Waals surface area contributed by atoms with E-state index in [-0.39, 0.29) is 5.41 Å². The fourth-order valence-corrected chi connectivity index (χ4v) is 8.09. The Morgan fingerprint density at radius 2 is 1.14 bits per heavy atom. The Labute approximate surface area is 297 Å². The second-order valence-corrected chi connectivity index (χ2v) is 14.0. The van der Waals surface area contributed by atoms with Crippen LogP contribution in [0.15, 0.2) is 174 Å². The van der Waals surface area contributed by atoms with E-state index in [2.05, 4.69) is 183 Å². The van der Waals surface area contributed by atoms with Gasteiger partial charge < -0.3 is 9.32 Å². The lowest BCUT2D eigenvalue weighted by atomic mass is 9.81. The van der Waals surface area contributed by atoms with Crippen molar-refractivity contribution in [3.63, 3.8) is 0 Å². The van der Waals surface area contributed by atoms with Crippen molar-refractivity contribution in [2.45, 2.75) is 19.3 Å². The Kier molecular flexibility index (Phi) is 6.53. The van der Waals surface area contributed by atoms with Crippen LogP contribution < -0.4 is 4.90 Å². The van der Waals surface area contributed by atoms with Gasteiger partial charge in [0.1, 0.15) is 5.58 Å². The van der Waals surface area contributed by atoms with Crippen LogP contribution in [0, 0.1) is 0 Å². The monoisotopic (exact) mass is 654 g/mol. The molecule has 1 aliphatic carbocycles. The molecule has 3 nitrogen and oxygen atoms in total. The maximum atomic E-state index is 6.36. The van der Waals surface area contributed by atoms with Crippen LogP contribution in [0.25, 0.3) is 66.2 Å². The number of aromatic nitrogens is 1. The lowest BCUT2D eigenvalue weighted by molar-refractivity contribution is 0.654.